The molecule has 4 atom stereocenters. The molecule has 0 aromatic carbocycles. The summed E-state index contributed by atoms with van der Waals surface area (Å²) < 4.78 is 5.33. The normalized spacial score (nSPS) is 37.2. The first-order valence-corrected chi connectivity index (χ1v) is 9.37. The molecule has 2 bridgehead atoms. The number of carbonyl (C=O) groups excluding carboxylic acids is 2. The van der Waals surface area contributed by atoms with E-state index in [-0.39, 0.29) is 17.7 Å². The monoisotopic (exact) mass is 320 g/mol. The Balaban J connectivity index is 1.36. The highest BCUT2D eigenvalue weighted by atomic mass is 16.5. The Kier molecular flexibility index (Phi) is 4.31. The maximum absolute atomic E-state index is 12.9. The first kappa shape index (κ1) is 15.4. The van der Waals surface area contributed by atoms with Gasteiger partial charge in [0, 0.05) is 32.1 Å². The molecule has 5 heteroatoms. The lowest BCUT2D eigenvalue weighted by molar-refractivity contribution is -0.146. The summed E-state index contributed by atoms with van der Waals surface area (Å²) in [6, 6.07) is 0. The van der Waals surface area contributed by atoms with Crippen molar-refractivity contribution in [1.82, 2.24) is 9.80 Å². The molecule has 4 aliphatic rings. The minimum atomic E-state index is 0.00407. The van der Waals surface area contributed by atoms with E-state index in [1.807, 2.05) is 9.80 Å². The summed E-state index contributed by atoms with van der Waals surface area (Å²) >= 11 is 0. The standard InChI is InChI=1S/C18H28N2O3/c21-17(19-6-8-23-9-7-19)15-2-1-5-20(12-15)18(22)16-11-13-3-4-14(16)10-13/h13-16H,1-12H2. The molecular formula is C18H28N2O3. The van der Waals surface area contributed by atoms with Gasteiger partial charge in [0.05, 0.1) is 19.1 Å². The molecule has 2 saturated heterocycles. The van der Waals surface area contributed by atoms with E-state index in [0.717, 1.165) is 31.7 Å². The Morgan fingerprint density at radius 2 is 1.70 bits per heavy atom. The molecule has 4 unspecified atom stereocenters. The molecule has 2 heterocycles. The van der Waals surface area contributed by atoms with Crippen LogP contribution in [0, 0.1) is 23.7 Å². The molecule has 0 aromatic heterocycles. The van der Waals surface area contributed by atoms with Gasteiger partial charge in [0.15, 0.2) is 0 Å². The molecule has 23 heavy (non-hydrogen) atoms. The van der Waals surface area contributed by atoms with Gasteiger partial charge in [0.2, 0.25) is 11.8 Å². The van der Waals surface area contributed by atoms with E-state index in [4.69, 9.17) is 4.74 Å². The third kappa shape index (κ3) is 3.00. The number of hydrogen-bond donors (Lipinski definition) is 0. The molecule has 0 spiro atoms. The van der Waals surface area contributed by atoms with E-state index in [9.17, 15) is 9.59 Å². The van der Waals surface area contributed by atoms with Crippen LogP contribution in [0.25, 0.3) is 0 Å². The van der Waals surface area contributed by atoms with Crippen LogP contribution >= 0.6 is 0 Å². The summed E-state index contributed by atoms with van der Waals surface area (Å²) in [6.07, 6.45) is 6.82. The van der Waals surface area contributed by atoms with Gasteiger partial charge in [-0.2, -0.15) is 0 Å². The minimum Gasteiger partial charge on any atom is -0.378 e. The Morgan fingerprint density at radius 3 is 2.39 bits per heavy atom. The van der Waals surface area contributed by atoms with Crippen LogP contribution in [0.5, 0.6) is 0 Å². The van der Waals surface area contributed by atoms with Crippen LogP contribution in [0.1, 0.15) is 38.5 Å². The first-order valence-electron chi connectivity index (χ1n) is 9.37. The molecule has 0 radical (unpaired) electrons. The first-order chi connectivity index (χ1) is 11.2. The third-order valence-electron chi connectivity index (χ3n) is 6.46. The number of piperidine rings is 1. The van der Waals surface area contributed by atoms with Crippen molar-refractivity contribution in [2.24, 2.45) is 23.7 Å². The average Bonchev–Trinajstić information content (AvgIpc) is 3.24. The molecule has 2 aliphatic carbocycles. The summed E-state index contributed by atoms with van der Waals surface area (Å²) in [4.78, 5) is 29.6. The van der Waals surface area contributed by atoms with Crippen molar-refractivity contribution in [2.45, 2.75) is 38.5 Å². The average molecular weight is 320 g/mol. The molecular weight excluding hydrogens is 292 g/mol. The molecule has 2 aliphatic heterocycles. The van der Waals surface area contributed by atoms with E-state index in [1.54, 1.807) is 0 Å². The summed E-state index contributed by atoms with van der Waals surface area (Å²) in [5.41, 5.74) is 0. The fraction of sp³-hybridized carbons (Fsp3) is 0.889. The molecule has 4 fully saturated rings. The highest BCUT2D eigenvalue weighted by Gasteiger charge is 2.45. The van der Waals surface area contributed by atoms with Crippen LogP contribution in [0.15, 0.2) is 0 Å². The van der Waals surface area contributed by atoms with Gasteiger partial charge in [-0.3, -0.25) is 9.59 Å². The summed E-state index contributed by atoms with van der Waals surface area (Å²) in [5.74, 6) is 2.26. The van der Waals surface area contributed by atoms with Gasteiger partial charge in [0.1, 0.15) is 0 Å². The molecule has 2 amide bonds. The van der Waals surface area contributed by atoms with Crippen molar-refractivity contribution in [3.05, 3.63) is 0 Å². The molecule has 128 valence electrons. The lowest BCUT2D eigenvalue weighted by Crippen LogP contribution is -2.50. The van der Waals surface area contributed by atoms with Gasteiger partial charge in [-0.05, 0) is 43.9 Å². The fourth-order valence-corrected chi connectivity index (χ4v) is 5.20. The Hall–Kier alpha value is -1.10. The van der Waals surface area contributed by atoms with Gasteiger partial charge in [-0.15, -0.1) is 0 Å². The minimum absolute atomic E-state index is 0.00407. The second-order valence-electron chi connectivity index (χ2n) is 7.84. The summed E-state index contributed by atoms with van der Waals surface area (Å²) in [7, 11) is 0. The zero-order chi connectivity index (χ0) is 15.8. The number of amides is 2. The van der Waals surface area contributed by atoms with Gasteiger partial charge in [-0.25, -0.2) is 0 Å². The molecule has 2 saturated carbocycles. The van der Waals surface area contributed by atoms with E-state index in [2.05, 4.69) is 0 Å². The molecule has 0 aromatic rings. The zero-order valence-corrected chi connectivity index (χ0v) is 13.9. The van der Waals surface area contributed by atoms with Crippen LogP contribution in [0.2, 0.25) is 0 Å². The number of fused-ring (bicyclic) bond motifs is 2. The van der Waals surface area contributed by atoms with Crippen LogP contribution in [-0.2, 0) is 14.3 Å². The second-order valence-corrected chi connectivity index (χ2v) is 7.84. The zero-order valence-electron chi connectivity index (χ0n) is 13.9. The maximum Gasteiger partial charge on any atom is 0.227 e. The topological polar surface area (TPSA) is 49.9 Å². The van der Waals surface area contributed by atoms with Crippen molar-refractivity contribution in [3.63, 3.8) is 0 Å². The van der Waals surface area contributed by atoms with Gasteiger partial charge < -0.3 is 14.5 Å². The number of ether oxygens (including phenoxy) is 1. The maximum atomic E-state index is 12.9. The van der Waals surface area contributed by atoms with Gasteiger partial charge in [-0.1, -0.05) is 6.42 Å². The number of carbonyl (C=O) groups is 2. The Bertz CT molecular complexity index is 475. The molecule has 0 N–H and O–H groups in total. The van der Waals surface area contributed by atoms with Crippen molar-refractivity contribution < 1.29 is 14.3 Å². The van der Waals surface area contributed by atoms with E-state index >= 15 is 0 Å². The Labute approximate surface area is 138 Å². The number of nitrogens with zero attached hydrogens (tertiary/aromatic N) is 2. The number of likely N-dealkylation sites (tertiary alicyclic amines) is 1. The van der Waals surface area contributed by atoms with Crippen molar-refractivity contribution >= 4 is 11.8 Å². The number of hydrogen-bond acceptors (Lipinski definition) is 3. The summed E-state index contributed by atoms with van der Waals surface area (Å²) in [5, 5.41) is 0. The fourth-order valence-electron chi connectivity index (χ4n) is 5.20. The predicted molar refractivity (Wildman–Crippen MR) is 85.6 cm³/mol. The SMILES string of the molecule is O=C(C1CCCN(C(=O)C2CC3CCC2C3)C1)N1CCOCC1. The lowest BCUT2D eigenvalue weighted by Gasteiger charge is -2.38. The van der Waals surface area contributed by atoms with Crippen LogP contribution in [0.4, 0.5) is 0 Å². The highest BCUT2D eigenvalue weighted by molar-refractivity contribution is 5.83. The Morgan fingerprint density at radius 1 is 0.870 bits per heavy atom. The molecule has 4 rings (SSSR count). The van der Waals surface area contributed by atoms with Crippen LogP contribution in [0.3, 0.4) is 0 Å². The van der Waals surface area contributed by atoms with Crippen molar-refractivity contribution in [2.75, 3.05) is 39.4 Å². The van der Waals surface area contributed by atoms with E-state index in [0.29, 0.717) is 44.7 Å². The number of morpholine rings is 1. The second kappa shape index (κ2) is 6.42. The third-order valence-corrected chi connectivity index (χ3v) is 6.46. The van der Waals surface area contributed by atoms with Crippen molar-refractivity contribution in [3.8, 4) is 0 Å². The van der Waals surface area contributed by atoms with Crippen LogP contribution < -0.4 is 0 Å². The largest absolute Gasteiger partial charge is 0.378 e. The molecule has 5 nitrogen and oxygen atoms in total. The lowest BCUT2D eigenvalue weighted by atomic mass is 9.86. The van der Waals surface area contributed by atoms with Gasteiger partial charge in [0.25, 0.3) is 0 Å². The van der Waals surface area contributed by atoms with Crippen LogP contribution in [-0.4, -0.2) is 61.0 Å². The predicted octanol–water partition coefficient (Wildman–Crippen LogP) is 1.52. The smallest absolute Gasteiger partial charge is 0.227 e. The van der Waals surface area contributed by atoms with Crippen molar-refractivity contribution in [1.29, 1.82) is 0 Å². The number of rotatable bonds is 2. The van der Waals surface area contributed by atoms with Gasteiger partial charge >= 0.3 is 0 Å². The highest BCUT2D eigenvalue weighted by Crippen LogP contribution is 2.49. The quantitative estimate of drug-likeness (QED) is 0.775. The summed E-state index contributed by atoms with van der Waals surface area (Å²) in [6.45, 7) is 4.19. The van der Waals surface area contributed by atoms with E-state index < -0.39 is 0 Å². The van der Waals surface area contributed by atoms with E-state index in [1.165, 1.54) is 19.3 Å².